The highest BCUT2D eigenvalue weighted by Crippen LogP contribution is 2.31. The summed E-state index contributed by atoms with van der Waals surface area (Å²) in [7, 11) is 0. The van der Waals surface area contributed by atoms with E-state index in [1.807, 2.05) is 31.2 Å². The molecule has 0 unspecified atom stereocenters. The maximum absolute atomic E-state index is 11.9. The second kappa shape index (κ2) is 6.74. The maximum Gasteiger partial charge on any atom is 0.340 e. The van der Waals surface area contributed by atoms with Crippen molar-refractivity contribution in [2.24, 2.45) is 0 Å². The number of aromatic nitrogens is 1. The van der Waals surface area contributed by atoms with Crippen molar-refractivity contribution in [1.29, 1.82) is 0 Å². The molecule has 0 bridgehead atoms. The molecule has 0 amide bonds. The summed E-state index contributed by atoms with van der Waals surface area (Å²) < 4.78 is 11.3. The number of ether oxygens (including phenoxy) is 1. The topological polar surface area (TPSA) is 52.3 Å². The summed E-state index contributed by atoms with van der Waals surface area (Å²) in [5.74, 6) is -0.0642. The summed E-state index contributed by atoms with van der Waals surface area (Å²) in [6.07, 6.45) is 1.46. The van der Waals surface area contributed by atoms with Crippen LogP contribution in [0.25, 0.3) is 11.5 Å². The third kappa shape index (κ3) is 3.75. The molecule has 0 aliphatic heterocycles. The maximum atomic E-state index is 11.9. The molecule has 3 rings (SSSR count). The number of carbonyl (C=O) groups is 1. The van der Waals surface area contributed by atoms with Crippen LogP contribution in [0.4, 0.5) is 0 Å². The number of hydrogen-bond donors (Lipinski definition) is 0. The average molecular weight is 368 g/mol. The van der Waals surface area contributed by atoms with Gasteiger partial charge in [-0.25, -0.2) is 9.78 Å². The third-order valence-electron chi connectivity index (χ3n) is 3.08. The zero-order chi connectivity index (χ0) is 16.4. The standard InChI is InChI=1S/C16H11Cl2NO3S/c1-9-2-4-10(5-3-9)15-19-11(7-21-15)8-22-16(20)12-6-13(17)23-14(12)18/h2-7H,8H2,1H3. The number of oxazole rings is 1. The number of carbonyl (C=O) groups excluding carboxylic acids is 1. The van der Waals surface area contributed by atoms with Crippen LogP contribution in [0.5, 0.6) is 0 Å². The lowest BCUT2D eigenvalue weighted by atomic mass is 10.1. The van der Waals surface area contributed by atoms with E-state index in [2.05, 4.69) is 4.98 Å². The SMILES string of the molecule is Cc1ccc(-c2nc(COC(=O)c3cc(Cl)sc3Cl)co2)cc1. The van der Waals surface area contributed by atoms with Crippen molar-refractivity contribution >= 4 is 40.5 Å². The number of hydrogen-bond acceptors (Lipinski definition) is 5. The van der Waals surface area contributed by atoms with Gasteiger partial charge in [-0.05, 0) is 25.1 Å². The first-order valence-electron chi connectivity index (χ1n) is 6.66. The van der Waals surface area contributed by atoms with E-state index < -0.39 is 5.97 Å². The number of halogens is 2. The normalized spacial score (nSPS) is 10.7. The summed E-state index contributed by atoms with van der Waals surface area (Å²) in [6, 6.07) is 9.27. The zero-order valence-electron chi connectivity index (χ0n) is 12.0. The van der Waals surface area contributed by atoms with Gasteiger partial charge in [-0.1, -0.05) is 40.9 Å². The molecule has 0 atom stereocenters. The summed E-state index contributed by atoms with van der Waals surface area (Å²) >= 11 is 12.8. The molecule has 2 aromatic heterocycles. The summed E-state index contributed by atoms with van der Waals surface area (Å²) in [5, 5.41) is 0. The van der Waals surface area contributed by atoms with Gasteiger partial charge < -0.3 is 9.15 Å². The minimum atomic E-state index is -0.543. The molecule has 0 radical (unpaired) electrons. The first kappa shape index (κ1) is 16.1. The van der Waals surface area contributed by atoms with E-state index in [9.17, 15) is 4.79 Å². The first-order valence-corrected chi connectivity index (χ1v) is 8.23. The Hall–Kier alpha value is -1.82. The summed E-state index contributed by atoms with van der Waals surface area (Å²) in [5.41, 5.74) is 2.79. The number of nitrogens with zero attached hydrogens (tertiary/aromatic N) is 1. The predicted molar refractivity (Wildman–Crippen MR) is 90.1 cm³/mol. The fourth-order valence-corrected chi connectivity index (χ4v) is 3.34. The highest BCUT2D eigenvalue weighted by molar-refractivity contribution is 7.20. The van der Waals surface area contributed by atoms with Gasteiger partial charge in [0.2, 0.25) is 5.89 Å². The molecule has 7 heteroatoms. The van der Waals surface area contributed by atoms with Gasteiger partial charge in [0.25, 0.3) is 0 Å². The van der Waals surface area contributed by atoms with E-state index in [0.29, 0.717) is 20.3 Å². The van der Waals surface area contributed by atoms with E-state index in [-0.39, 0.29) is 12.2 Å². The van der Waals surface area contributed by atoms with Crippen LogP contribution in [0.15, 0.2) is 41.0 Å². The Labute approximate surface area is 146 Å². The van der Waals surface area contributed by atoms with Crippen molar-refractivity contribution in [2.45, 2.75) is 13.5 Å². The Bertz CT molecular complexity index is 839. The largest absolute Gasteiger partial charge is 0.455 e. The van der Waals surface area contributed by atoms with Gasteiger partial charge >= 0.3 is 5.97 Å². The molecule has 0 aliphatic rings. The molecule has 118 valence electrons. The number of benzene rings is 1. The van der Waals surface area contributed by atoms with Crippen LogP contribution in [0.2, 0.25) is 8.67 Å². The van der Waals surface area contributed by atoms with Crippen LogP contribution in [-0.4, -0.2) is 11.0 Å². The van der Waals surface area contributed by atoms with Gasteiger partial charge in [-0.3, -0.25) is 0 Å². The van der Waals surface area contributed by atoms with Crippen molar-refractivity contribution in [2.75, 3.05) is 0 Å². The van der Waals surface area contributed by atoms with E-state index in [1.54, 1.807) is 0 Å². The average Bonchev–Trinajstić information content (AvgIpc) is 3.12. The van der Waals surface area contributed by atoms with Crippen molar-refractivity contribution in [3.05, 3.63) is 62.1 Å². The fraction of sp³-hybridized carbons (Fsp3) is 0.125. The number of esters is 1. The van der Waals surface area contributed by atoms with Gasteiger partial charge in [0.05, 0.1) is 9.90 Å². The van der Waals surface area contributed by atoms with Gasteiger partial charge in [0.15, 0.2) is 0 Å². The molecule has 23 heavy (non-hydrogen) atoms. The lowest BCUT2D eigenvalue weighted by molar-refractivity contribution is 0.0468. The molecule has 0 spiro atoms. The van der Waals surface area contributed by atoms with Gasteiger partial charge in [0, 0.05) is 5.56 Å². The molecular weight excluding hydrogens is 357 g/mol. The Morgan fingerprint density at radius 2 is 2.04 bits per heavy atom. The molecule has 1 aromatic carbocycles. The zero-order valence-corrected chi connectivity index (χ0v) is 14.3. The predicted octanol–water partition coefficient (Wildman–Crippen LogP) is 5.38. The Morgan fingerprint density at radius 3 is 2.70 bits per heavy atom. The molecule has 0 fully saturated rings. The van der Waals surface area contributed by atoms with Crippen LogP contribution >= 0.6 is 34.5 Å². The van der Waals surface area contributed by atoms with Crippen molar-refractivity contribution in [1.82, 2.24) is 4.98 Å². The first-order chi connectivity index (χ1) is 11.0. The molecule has 0 aliphatic carbocycles. The van der Waals surface area contributed by atoms with Gasteiger partial charge in [0.1, 0.15) is 22.9 Å². The molecule has 3 aromatic rings. The minimum absolute atomic E-state index is 0.00199. The second-order valence-electron chi connectivity index (χ2n) is 4.82. The lowest BCUT2D eigenvalue weighted by Gasteiger charge is -2.00. The molecule has 0 N–H and O–H groups in total. The van der Waals surface area contributed by atoms with E-state index in [1.165, 1.54) is 12.3 Å². The van der Waals surface area contributed by atoms with E-state index in [4.69, 9.17) is 32.4 Å². The Kier molecular flexibility index (Phi) is 4.71. The van der Waals surface area contributed by atoms with Crippen molar-refractivity contribution < 1.29 is 13.9 Å². The molecule has 4 nitrogen and oxygen atoms in total. The van der Waals surface area contributed by atoms with Gasteiger partial charge in [-0.15, -0.1) is 11.3 Å². The van der Waals surface area contributed by atoms with Crippen molar-refractivity contribution in [3.63, 3.8) is 0 Å². The molecule has 2 heterocycles. The highest BCUT2D eigenvalue weighted by atomic mass is 35.5. The van der Waals surface area contributed by atoms with Crippen LogP contribution in [0.3, 0.4) is 0 Å². The van der Waals surface area contributed by atoms with Gasteiger partial charge in [-0.2, -0.15) is 0 Å². The third-order valence-corrected chi connectivity index (χ3v) is 4.57. The molecule has 0 saturated heterocycles. The van der Waals surface area contributed by atoms with E-state index >= 15 is 0 Å². The number of aryl methyl sites for hydroxylation is 1. The summed E-state index contributed by atoms with van der Waals surface area (Å²) in [4.78, 5) is 16.3. The fourth-order valence-electron chi connectivity index (χ4n) is 1.90. The monoisotopic (exact) mass is 367 g/mol. The molecule has 0 saturated carbocycles. The van der Waals surface area contributed by atoms with Crippen LogP contribution in [-0.2, 0) is 11.3 Å². The quantitative estimate of drug-likeness (QED) is 0.581. The van der Waals surface area contributed by atoms with Crippen LogP contribution in [0.1, 0.15) is 21.6 Å². The second-order valence-corrected chi connectivity index (χ2v) is 7.11. The Balaban J connectivity index is 1.66. The van der Waals surface area contributed by atoms with Crippen LogP contribution in [0, 0.1) is 6.92 Å². The summed E-state index contributed by atoms with van der Waals surface area (Å²) in [6.45, 7) is 2.00. The molecular formula is C16H11Cl2NO3S. The highest BCUT2D eigenvalue weighted by Gasteiger charge is 2.16. The lowest BCUT2D eigenvalue weighted by Crippen LogP contribution is -2.04. The number of rotatable bonds is 4. The Morgan fingerprint density at radius 1 is 1.30 bits per heavy atom. The minimum Gasteiger partial charge on any atom is -0.455 e. The van der Waals surface area contributed by atoms with Crippen molar-refractivity contribution in [3.8, 4) is 11.5 Å². The van der Waals surface area contributed by atoms with Crippen LogP contribution < -0.4 is 0 Å². The smallest absolute Gasteiger partial charge is 0.340 e. The van der Waals surface area contributed by atoms with E-state index in [0.717, 1.165) is 22.5 Å². The number of thiophene rings is 1.